The van der Waals surface area contributed by atoms with Crippen molar-refractivity contribution in [3.63, 3.8) is 0 Å². The van der Waals surface area contributed by atoms with E-state index >= 15 is 0 Å². The van der Waals surface area contributed by atoms with E-state index in [1.807, 2.05) is 13.8 Å². The van der Waals surface area contributed by atoms with Gasteiger partial charge in [0.15, 0.2) is 11.8 Å². The Hall–Kier alpha value is -0.690. The highest BCUT2D eigenvalue weighted by Crippen LogP contribution is 2.59. The summed E-state index contributed by atoms with van der Waals surface area (Å²) >= 11 is 0. The Morgan fingerprint density at radius 3 is 2.71 bits per heavy atom. The lowest BCUT2D eigenvalue weighted by molar-refractivity contribution is -0.548. The lowest BCUT2D eigenvalue weighted by atomic mass is 9.57. The van der Waals surface area contributed by atoms with Crippen LogP contribution in [0.15, 0.2) is 0 Å². The summed E-state index contributed by atoms with van der Waals surface area (Å²) in [5.74, 6) is 6.03. The van der Waals surface area contributed by atoms with Crippen LogP contribution in [0.25, 0.3) is 0 Å². The summed E-state index contributed by atoms with van der Waals surface area (Å²) in [5.41, 5.74) is -0.615. The molecule has 0 aromatic carbocycles. The zero-order valence-electron chi connectivity index (χ0n) is 12.9. The third kappa shape index (κ3) is 1.59. The smallest absolute Gasteiger partial charge is 0.242 e. The molecule has 2 bridgehead atoms. The molecule has 6 heteroatoms. The minimum Gasteiger partial charge on any atom is -0.319 e. The Balaban J connectivity index is 1.87. The first kappa shape index (κ1) is 13.9. The van der Waals surface area contributed by atoms with E-state index < -0.39 is 17.6 Å². The molecule has 2 N–H and O–H groups in total. The van der Waals surface area contributed by atoms with Crippen LogP contribution in [0.5, 0.6) is 0 Å². The van der Waals surface area contributed by atoms with Gasteiger partial charge in [0, 0.05) is 18.3 Å². The highest BCUT2D eigenvalue weighted by molar-refractivity contribution is 5.80. The molecule has 1 saturated carbocycles. The van der Waals surface area contributed by atoms with E-state index in [0.29, 0.717) is 11.8 Å². The van der Waals surface area contributed by atoms with Crippen LogP contribution < -0.4 is 5.84 Å². The third-order valence-corrected chi connectivity index (χ3v) is 6.30. The number of ether oxygens (including phenoxy) is 1. The molecule has 6 nitrogen and oxygen atoms in total. The minimum atomic E-state index is -0.810. The first-order valence-corrected chi connectivity index (χ1v) is 8.01. The van der Waals surface area contributed by atoms with E-state index in [1.54, 1.807) is 0 Å². The van der Waals surface area contributed by atoms with Gasteiger partial charge in [0.05, 0.1) is 0 Å². The number of nitrogens with two attached hydrogens (primary N) is 1. The number of fused-ring (bicyclic) bond motifs is 2. The molecule has 5 fully saturated rings. The van der Waals surface area contributed by atoms with Gasteiger partial charge in [-0.15, -0.1) is 0 Å². The summed E-state index contributed by atoms with van der Waals surface area (Å²) in [6.45, 7) is 6.08. The highest BCUT2D eigenvalue weighted by Gasteiger charge is 2.70. The number of carbonyl (C=O) groups is 1. The zero-order chi connectivity index (χ0) is 15.0. The van der Waals surface area contributed by atoms with Crippen molar-refractivity contribution in [2.75, 3.05) is 0 Å². The maximum absolute atomic E-state index is 12.5. The second-order valence-electron chi connectivity index (χ2n) is 7.46. The summed E-state index contributed by atoms with van der Waals surface area (Å²) in [6.07, 6.45) is 3.29. The van der Waals surface area contributed by atoms with E-state index in [4.69, 9.17) is 20.4 Å². The van der Waals surface area contributed by atoms with E-state index in [9.17, 15) is 4.79 Å². The molecule has 4 aliphatic heterocycles. The topological polar surface area (TPSA) is 74.0 Å². The lowest BCUT2D eigenvalue weighted by Crippen LogP contribution is -2.76. The quantitative estimate of drug-likeness (QED) is 0.417. The van der Waals surface area contributed by atoms with E-state index in [1.165, 1.54) is 5.01 Å². The van der Waals surface area contributed by atoms with Gasteiger partial charge in [-0.2, -0.15) is 0 Å². The van der Waals surface area contributed by atoms with Gasteiger partial charge in [-0.05, 0) is 38.0 Å². The number of carbonyl (C=O) groups excluding carboxylic acids is 1. The van der Waals surface area contributed by atoms with Crippen molar-refractivity contribution >= 4 is 5.91 Å². The fourth-order valence-corrected chi connectivity index (χ4v) is 5.09. The highest BCUT2D eigenvalue weighted by atomic mass is 17.3. The Kier molecular flexibility index (Phi) is 2.78. The molecule has 0 radical (unpaired) electrons. The van der Waals surface area contributed by atoms with E-state index in [2.05, 4.69) is 6.92 Å². The van der Waals surface area contributed by atoms with Crippen LogP contribution in [0.4, 0.5) is 0 Å². The first-order chi connectivity index (χ1) is 9.89. The Morgan fingerprint density at radius 1 is 1.19 bits per heavy atom. The second-order valence-corrected chi connectivity index (χ2v) is 7.46. The number of nitrogens with zero attached hydrogens (tertiary/aromatic N) is 1. The zero-order valence-corrected chi connectivity index (χ0v) is 12.9. The van der Waals surface area contributed by atoms with Crippen molar-refractivity contribution in [3.05, 3.63) is 0 Å². The monoisotopic (exact) mass is 296 g/mol. The van der Waals surface area contributed by atoms with E-state index in [0.717, 1.165) is 25.7 Å². The molecule has 4 saturated heterocycles. The predicted molar refractivity (Wildman–Crippen MR) is 73.0 cm³/mol. The number of hydrogen-bond donors (Lipinski definition) is 1. The third-order valence-electron chi connectivity index (χ3n) is 6.30. The van der Waals surface area contributed by atoms with Crippen LogP contribution in [0, 0.1) is 23.7 Å². The molecule has 0 aromatic rings. The van der Waals surface area contributed by atoms with Gasteiger partial charge in [0.25, 0.3) is 0 Å². The van der Waals surface area contributed by atoms with Crippen LogP contribution in [-0.2, 0) is 19.3 Å². The number of hydrogen-bond acceptors (Lipinski definition) is 5. The average Bonchev–Trinajstić information content (AvgIpc) is 2.69. The molecule has 1 amide bonds. The van der Waals surface area contributed by atoms with Crippen LogP contribution in [0.3, 0.4) is 0 Å². The maximum Gasteiger partial charge on any atom is 0.242 e. The number of piperidine rings is 1. The molecule has 1 unspecified atom stereocenters. The first-order valence-electron chi connectivity index (χ1n) is 8.01. The van der Waals surface area contributed by atoms with Crippen molar-refractivity contribution in [2.45, 2.75) is 64.1 Å². The Morgan fingerprint density at radius 2 is 1.95 bits per heavy atom. The number of rotatable bonds is 0. The van der Waals surface area contributed by atoms with Crippen molar-refractivity contribution in [2.24, 2.45) is 29.5 Å². The summed E-state index contributed by atoms with van der Waals surface area (Å²) < 4.78 is 6.14. The largest absolute Gasteiger partial charge is 0.319 e. The molecule has 21 heavy (non-hydrogen) atoms. The van der Waals surface area contributed by atoms with Crippen molar-refractivity contribution < 1.29 is 19.3 Å². The molecule has 5 rings (SSSR count). The van der Waals surface area contributed by atoms with Crippen molar-refractivity contribution in [3.8, 4) is 0 Å². The van der Waals surface area contributed by atoms with Crippen LogP contribution in [-0.4, -0.2) is 28.5 Å². The van der Waals surface area contributed by atoms with E-state index in [-0.39, 0.29) is 17.7 Å². The summed E-state index contributed by atoms with van der Waals surface area (Å²) in [4.78, 5) is 24.2. The fourth-order valence-electron chi connectivity index (χ4n) is 5.09. The molecule has 4 heterocycles. The molecule has 118 valence electrons. The normalized spacial score (nSPS) is 56.1. The molecule has 5 aliphatic rings. The molecule has 1 spiro atoms. The van der Waals surface area contributed by atoms with Gasteiger partial charge in [0.1, 0.15) is 0 Å². The SMILES string of the molecule is C[C@@H]1CC[C@H]2[C@@H](C)C(=O)N(N)[C@@H]3OC4(C)CC[C@@H]1[C@@]23OO4. The molecular weight excluding hydrogens is 272 g/mol. The standard InChI is InChI=1S/C15H24N2O4/c1-8-4-5-11-9(2)12(18)17(16)13-15(11)10(8)6-7-14(3,19-13)20-21-15/h8-11,13H,4-7,16H2,1-3H3/t8-,9-,10+,11+,13-,14?,15-/m1/s1. The maximum atomic E-state index is 12.5. The average molecular weight is 296 g/mol. The van der Waals surface area contributed by atoms with Crippen LogP contribution in [0.1, 0.15) is 46.5 Å². The summed E-state index contributed by atoms with van der Waals surface area (Å²) in [5, 5.41) is 1.26. The van der Waals surface area contributed by atoms with Crippen molar-refractivity contribution in [1.29, 1.82) is 0 Å². The molecule has 0 aromatic heterocycles. The Bertz CT molecular complexity index is 486. The molecular formula is C15H24N2O4. The van der Waals surface area contributed by atoms with Gasteiger partial charge in [-0.1, -0.05) is 13.8 Å². The van der Waals surface area contributed by atoms with Crippen molar-refractivity contribution in [1.82, 2.24) is 5.01 Å². The second kappa shape index (κ2) is 4.19. The van der Waals surface area contributed by atoms with Crippen LogP contribution >= 0.6 is 0 Å². The molecule has 1 aliphatic carbocycles. The van der Waals surface area contributed by atoms with Crippen LogP contribution in [0.2, 0.25) is 0 Å². The minimum absolute atomic E-state index is 0.0521. The van der Waals surface area contributed by atoms with Gasteiger partial charge in [-0.25, -0.2) is 20.6 Å². The van der Waals surface area contributed by atoms with Gasteiger partial charge in [0.2, 0.25) is 11.7 Å². The lowest BCUT2D eigenvalue weighted by Gasteiger charge is -2.60. The fraction of sp³-hybridized carbons (Fsp3) is 0.933. The van der Waals surface area contributed by atoms with Gasteiger partial charge < -0.3 is 4.74 Å². The summed E-state index contributed by atoms with van der Waals surface area (Å²) in [6, 6.07) is 0. The molecule has 7 atom stereocenters. The Labute approximate surface area is 124 Å². The van der Waals surface area contributed by atoms with Gasteiger partial charge in [-0.3, -0.25) is 4.79 Å². The predicted octanol–water partition coefficient (Wildman–Crippen LogP) is 1.55. The summed E-state index contributed by atoms with van der Waals surface area (Å²) in [7, 11) is 0. The number of amides is 1. The number of hydrazine groups is 1. The van der Waals surface area contributed by atoms with Gasteiger partial charge >= 0.3 is 0 Å².